The Morgan fingerprint density at radius 1 is 1.19 bits per heavy atom. The van der Waals surface area contributed by atoms with Crippen molar-refractivity contribution >= 4 is 34.1 Å². The van der Waals surface area contributed by atoms with E-state index in [9.17, 15) is 19.5 Å². The average Bonchev–Trinajstić information content (AvgIpc) is 3.32. The molecule has 7 heteroatoms. The number of carboxylic acid groups (broad SMARTS) is 1. The normalized spacial score (nSPS) is 31.5. The van der Waals surface area contributed by atoms with E-state index in [2.05, 4.69) is 12.2 Å². The van der Waals surface area contributed by atoms with E-state index in [4.69, 9.17) is 5.73 Å². The zero-order chi connectivity index (χ0) is 19.3. The molecule has 2 amide bonds. The summed E-state index contributed by atoms with van der Waals surface area (Å²) in [5, 5.41) is 15.0. The number of thiophene rings is 1. The summed E-state index contributed by atoms with van der Waals surface area (Å²) in [6, 6.07) is 0. The number of carboxylic acids is 1. The summed E-state index contributed by atoms with van der Waals surface area (Å²) >= 11 is 1.43. The van der Waals surface area contributed by atoms with Crippen LogP contribution in [0.3, 0.4) is 0 Å². The fourth-order valence-corrected chi connectivity index (χ4v) is 6.92. The van der Waals surface area contributed by atoms with Crippen LogP contribution in [-0.4, -0.2) is 17.8 Å². The molecule has 1 heterocycles. The average molecular weight is 389 g/mol. The number of carbonyl (C=O) groups is 3. The molecule has 146 valence electrons. The summed E-state index contributed by atoms with van der Waals surface area (Å²) < 4.78 is 0. The third kappa shape index (κ3) is 3.06. The second-order valence-corrected chi connectivity index (χ2v) is 9.39. The highest BCUT2D eigenvalue weighted by molar-refractivity contribution is 7.17. The standard InChI is InChI=1S/C20H26N2O4S/c1-2-9-3-6-12-13(7-9)27-19(16(12)17(21)23)22-18(24)14-10-4-5-11(8-10)15(14)20(25)26/h9-11,14-15H,2-8H2,1H3,(H2,21,23)(H,22,24)(H,25,26)/p-1/t9-,10-,11-,14-,15+/m1/s1. The van der Waals surface area contributed by atoms with Gasteiger partial charge in [0.25, 0.3) is 5.91 Å². The molecule has 2 fully saturated rings. The minimum Gasteiger partial charge on any atom is -0.550 e. The second kappa shape index (κ2) is 6.93. The Hall–Kier alpha value is -1.89. The molecule has 0 aliphatic heterocycles. The van der Waals surface area contributed by atoms with E-state index in [1.807, 2.05) is 0 Å². The van der Waals surface area contributed by atoms with Gasteiger partial charge in [0.2, 0.25) is 5.91 Å². The summed E-state index contributed by atoms with van der Waals surface area (Å²) in [4.78, 5) is 37.8. The van der Waals surface area contributed by atoms with Crippen molar-refractivity contribution in [1.29, 1.82) is 0 Å². The number of carbonyl (C=O) groups excluding carboxylic acids is 3. The molecule has 1 aromatic heterocycles. The van der Waals surface area contributed by atoms with Crippen LogP contribution in [0.4, 0.5) is 5.00 Å². The van der Waals surface area contributed by atoms with Gasteiger partial charge in [-0.3, -0.25) is 9.59 Å². The monoisotopic (exact) mass is 389 g/mol. The number of hydrogen-bond donors (Lipinski definition) is 2. The van der Waals surface area contributed by atoms with Gasteiger partial charge >= 0.3 is 0 Å². The Labute approximate surface area is 162 Å². The Balaban J connectivity index is 1.61. The van der Waals surface area contributed by atoms with Gasteiger partial charge in [-0.1, -0.05) is 13.3 Å². The Bertz CT molecular complexity index is 802. The van der Waals surface area contributed by atoms with Crippen LogP contribution in [0.1, 0.15) is 59.8 Å². The first-order chi connectivity index (χ1) is 12.9. The van der Waals surface area contributed by atoms with E-state index >= 15 is 0 Å². The number of primary amides is 1. The predicted molar refractivity (Wildman–Crippen MR) is 100 cm³/mol. The van der Waals surface area contributed by atoms with Crippen LogP contribution in [0.2, 0.25) is 0 Å². The highest BCUT2D eigenvalue weighted by Crippen LogP contribution is 2.52. The predicted octanol–water partition coefficient (Wildman–Crippen LogP) is 1.71. The minimum atomic E-state index is -1.13. The maximum atomic E-state index is 13.0. The lowest BCUT2D eigenvalue weighted by atomic mass is 9.78. The van der Waals surface area contributed by atoms with Crippen molar-refractivity contribution in [2.45, 2.75) is 51.9 Å². The van der Waals surface area contributed by atoms with E-state index < -0.39 is 23.7 Å². The van der Waals surface area contributed by atoms with E-state index in [1.165, 1.54) is 11.3 Å². The topological polar surface area (TPSA) is 112 Å². The molecule has 27 heavy (non-hydrogen) atoms. The number of nitrogens with one attached hydrogen (secondary N) is 1. The van der Waals surface area contributed by atoms with E-state index in [-0.39, 0.29) is 17.7 Å². The van der Waals surface area contributed by atoms with Crippen LogP contribution in [-0.2, 0) is 22.4 Å². The quantitative estimate of drug-likeness (QED) is 0.798. The van der Waals surface area contributed by atoms with E-state index in [1.54, 1.807) is 0 Å². The lowest BCUT2D eigenvalue weighted by molar-refractivity contribution is -0.314. The molecule has 4 rings (SSSR count). The SMILES string of the molecule is CC[C@@H]1CCc2c(sc(NC(=O)[C@@H]3[C@@H]4CC[C@H](C4)[C@@H]3C(=O)[O-])c2C(N)=O)C1. The largest absolute Gasteiger partial charge is 0.550 e. The summed E-state index contributed by atoms with van der Waals surface area (Å²) in [6.45, 7) is 2.16. The van der Waals surface area contributed by atoms with Gasteiger partial charge in [0.15, 0.2) is 0 Å². The van der Waals surface area contributed by atoms with Crippen molar-refractivity contribution in [3.8, 4) is 0 Å². The molecule has 5 atom stereocenters. The smallest absolute Gasteiger partial charge is 0.251 e. The van der Waals surface area contributed by atoms with Crippen molar-refractivity contribution < 1.29 is 19.5 Å². The Morgan fingerprint density at radius 2 is 1.89 bits per heavy atom. The highest BCUT2D eigenvalue weighted by Gasteiger charge is 2.51. The molecule has 6 nitrogen and oxygen atoms in total. The molecule has 0 aromatic carbocycles. The molecule has 2 saturated carbocycles. The van der Waals surface area contributed by atoms with Gasteiger partial charge in [0.05, 0.1) is 5.56 Å². The zero-order valence-corrected chi connectivity index (χ0v) is 16.3. The van der Waals surface area contributed by atoms with E-state index in [0.29, 0.717) is 16.5 Å². The first-order valence-corrected chi connectivity index (χ1v) is 10.7. The van der Waals surface area contributed by atoms with Crippen LogP contribution >= 0.6 is 11.3 Å². The van der Waals surface area contributed by atoms with Gasteiger partial charge in [0, 0.05) is 22.7 Å². The first kappa shape index (κ1) is 18.5. The van der Waals surface area contributed by atoms with Crippen LogP contribution in [0, 0.1) is 29.6 Å². The van der Waals surface area contributed by atoms with Crippen LogP contribution < -0.4 is 16.2 Å². The van der Waals surface area contributed by atoms with Crippen molar-refractivity contribution in [2.24, 2.45) is 35.3 Å². The lowest BCUT2D eigenvalue weighted by Crippen LogP contribution is -2.44. The van der Waals surface area contributed by atoms with Gasteiger partial charge in [-0.25, -0.2) is 0 Å². The Kier molecular flexibility index (Phi) is 4.74. The van der Waals surface area contributed by atoms with Gasteiger partial charge in [-0.05, 0) is 61.8 Å². The lowest BCUT2D eigenvalue weighted by Gasteiger charge is -2.30. The van der Waals surface area contributed by atoms with E-state index in [0.717, 1.165) is 55.4 Å². The van der Waals surface area contributed by atoms with Crippen molar-refractivity contribution in [1.82, 2.24) is 0 Å². The molecule has 3 N–H and O–H groups in total. The second-order valence-electron chi connectivity index (χ2n) is 8.28. The summed E-state index contributed by atoms with van der Waals surface area (Å²) in [6.07, 6.45) is 6.32. The van der Waals surface area contributed by atoms with Gasteiger partial charge in [-0.15, -0.1) is 11.3 Å². The molecular formula is C20H25N2O4S-. The molecule has 0 saturated heterocycles. The minimum absolute atomic E-state index is 0.0354. The molecule has 0 spiro atoms. The molecule has 1 aromatic rings. The summed E-state index contributed by atoms with van der Waals surface area (Å²) in [7, 11) is 0. The van der Waals surface area contributed by atoms with Crippen molar-refractivity contribution in [3.63, 3.8) is 0 Å². The molecule has 0 unspecified atom stereocenters. The maximum Gasteiger partial charge on any atom is 0.251 e. The first-order valence-electron chi connectivity index (χ1n) is 9.86. The number of anilines is 1. The number of nitrogens with two attached hydrogens (primary N) is 1. The fraction of sp³-hybridized carbons (Fsp3) is 0.650. The fourth-order valence-electron chi connectivity index (χ4n) is 5.55. The zero-order valence-electron chi connectivity index (χ0n) is 15.5. The third-order valence-electron chi connectivity index (χ3n) is 6.92. The highest BCUT2D eigenvalue weighted by atomic mass is 32.1. The molecular weight excluding hydrogens is 364 g/mol. The van der Waals surface area contributed by atoms with Crippen molar-refractivity contribution in [3.05, 3.63) is 16.0 Å². The van der Waals surface area contributed by atoms with Gasteiger partial charge in [-0.2, -0.15) is 0 Å². The van der Waals surface area contributed by atoms with Gasteiger partial charge < -0.3 is 21.0 Å². The number of hydrogen-bond acceptors (Lipinski definition) is 5. The molecule has 3 aliphatic carbocycles. The third-order valence-corrected chi connectivity index (χ3v) is 8.09. The van der Waals surface area contributed by atoms with Crippen LogP contribution in [0.15, 0.2) is 0 Å². The maximum absolute atomic E-state index is 13.0. The molecule has 0 radical (unpaired) electrons. The number of fused-ring (bicyclic) bond motifs is 3. The van der Waals surface area contributed by atoms with Crippen molar-refractivity contribution in [2.75, 3.05) is 5.32 Å². The number of amides is 2. The van der Waals surface area contributed by atoms with Gasteiger partial charge in [0.1, 0.15) is 5.00 Å². The van der Waals surface area contributed by atoms with Crippen LogP contribution in [0.25, 0.3) is 0 Å². The summed E-state index contributed by atoms with van der Waals surface area (Å²) in [5.41, 5.74) is 7.02. The number of rotatable bonds is 5. The number of aliphatic carboxylic acids is 1. The Morgan fingerprint density at radius 3 is 2.52 bits per heavy atom. The summed E-state index contributed by atoms with van der Waals surface area (Å²) in [5.74, 6) is -2.53. The molecule has 3 aliphatic rings. The van der Waals surface area contributed by atoms with Crippen LogP contribution in [0.5, 0.6) is 0 Å². The molecule has 2 bridgehead atoms.